The number of amides is 1. The first-order chi connectivity index (χ1) is 9.95. The summed E-state index contributed by atoms with van der Waals surface area (Å²) in [5.41, 5.74) is 1.33. The molecule has 7 heteroatoms. The van der Waals surface area contributed by atoms with Gasteiger partial charge in [0.05, 0.1) is 0 Å². The molecule has 5 nitrogen and oxygen atoms in total. The Hall–Kier alpha value is -1.85. The minimum Gasteiger partial charge on any atom is -0.363 e. The van der Waals surface area contributed by atoms with Crippen LogP contribution in [0, 0.1) is 0 Å². The summed E-state index contributed by atoms with van der Waals surface area (Å²) in [5.74, 6) is 0.571. The summed E-state index contributed by atoms with van der Waals surface area (Å²) in [6.45, 7) is 0.389. The highest BCUT2D eigenvalue weighted by molar-refractivity contribution is 6.33. The van der Waals surface area contributed by atoms with E-state index in [2.05, 4.69) is 15.3 Å². The van der Waals surface area contributed by atoms with Gasteiger partial charge in [-0.1, -0.05) is 23.2 Å². The van der Waals surface area contributed by atoms with Crippen molar-refractivity contribution in [2.75, 3.05) is 19.0 Å². The number of nitrogens with one attached hydrogen (secondary N) is 1. The van der Waals surface area contributed by atoms with E-state index in [1.54, 1.807) is 6.20 Å². The fourth-order valence-electron chi connectivity index (χ4n) is 1.70. The van der Waals surface area contributed by atoms with Crippen molar-refractivity contribution in [2.24, 2.45) is 0 Å². The maximum Gasteiger partial charge on any atom is 0.251 e. The number of carbonyl (C=O) groups excluding carboxylic acids is 1. The number of anilines is 1. The third-order valence-corrected chi connectivity index (χ3v) is 3.13. The lowest BCUT2D eigenvalue weighted by atomic mass is 10.2. The third-order valence-electron chi connectivity index (χ3n) is 2.75. The number of hydrogen-bond acceptors (Lipinski definition) is 4. The largest absolute Gasteiger partial charge is 0.363 e. The molecule has 0 saturated carbocycles. The Morgan fingerprint density at radius 1 is 1.24 bits per heavy atom. The van der Waals surface area contributed by atoms with Crippen molar-refractivity contribution in [3.8, 4) is 0 Å². The van der Waals surface area contributed by atoms with E-state index >= 15 is 0 Å². The predicted octanol–water partition coefficient (Wildman–Crippen LogP) is 2.78. The molecule has 0 aromatic carbocycles. The van der Waals surface area contributed by atoms with Crippen LogP contribution in [0.4, 0.5) is 5.82 Å². The van der Waals surface area contributed by atoms with Crippen LogP contribution < -0.4 is 10.2 Å². The zero-order valence-electron chi connectivity index (χ0n) is 11.6. The van der Waals surface area contributed by atoms with Crippen molar-refractivity contribution in [2.45, 2.75) is 6.54 Å². The van der Waals surface area contributed by atoms with Crippen LogP contribution in [0.2, 0.25) is 10.3 Å². The Kier molecular flexibility index (Phi) is 4.98. The molecule has 110 valence electrons. The van der Waals surface area contributed by atoms with Crippen molar-refractivity contribution >= 4 is 34.9 Å². The SMILES string of the molecule is CN(C)c1cc(CNC(=O)c2cc(Cl)nc(Cl)c2)ccn1. The minimum absolute atomic E-state index is 0.187. The summed E-state index contributed by atoms with van der Waals surface area (Å²) in [5, 5.41) is 3.18. The molecule has 1 amide bonds. The first-order valence-electron chi connectivity index (χ1n) is 6.19. The van der Waals surface area contributed by atoms with E-state index < -0.39 is 0 Å². The molecule has 0 aliphatic heterocycles. The van der Waals surface area contributed by atoms with Gasteiger partial charge in [0.1, 0.15) is 16.1 Å². The maximum absolute atomic E-state index is 12.1. The van der Waals surface area contributed by atoms with Gasteiger partial charge >= 0.3 is 0 Å². The quantitative estimate of drug-likeness (QED) is 0.878. The van der Waals surface area contributed by atoms with E-state index in [1.807, 2.05) is 31.1 Å². The van der Waals surface area contributed by atoms with E-state index in [4.69, 9.17) is 23.2 Å². The summed E-state index contributed by atoms with van der Waals surface area (Å²) >= 11 is 11.6. The van der Waals surface area contributed by atoms with Crippen molar-refractivity contribution in [3.05, 3.63) is 51.9 Å². The second-order valence-corrected chi connectivity index (χ2v) is 5.38. The summed E-state index contributed by atoms with van der Waals surface area (Å²) in [6, 6.07) is 6.70. The van der Waals surface area contributed by atoms with Gasteiger partial charge in [-0.2, -0.15) is 0 Å². The molecule has 1 N–H and O–H groups in total. The van der Waals surface area contributed by atoms with E-state index in [-0.39, 0.29) is 16.2 Å². The van der Waals surface area contributed by atoms with Gasteiger partial charge in [0.2, 0.25) is 0 Å². The van der Waals surface area contributed by atoms with Crippen LogP contribution in [0.25, 0.3) is 0 Å². The first-order valence-corrected chi connectivity index (χ1v) is 6.95. The molecule has 21 heavy (non-hydrogen) atoms. The van der Waals surface area contributed by atoms with Gasteiger partial charge < -0.3 is 10.2 Å². The van der Waals surface area contributed by atoms with Crippen LogP contribution in [0.3, 0.4) is 0 Å². The van der Waals surface area contributed by atoms with Crippen molar-refractivity contribution in [1.82, 2.24) is 15.3 Å². The number of hydrogen-bond donors (Lipinski definition) is 1. The topological polar surface area (TPSA) is 58.1 Å². The van der Waals surface area contributed by atoms with Crippen LogP contribution in [0.1, 0.15) is 15.9 Å². The zero-order valence-corrected chi connectivity index (χ0v) is 13.1. The second-order valence-electron chi connectivity index (χ2n) is 4.60. The van der Waals surface area contributed by atoms with Crippen LogP contribution in [0.15, 0.2) is 30.5 Å². The van der Waals surface area contributed by atoms with E-state index in [1.165, 1.54) is 12.1 Å². The first kappa shape index (κ1) is 15.5. The van der Waals surface area contributed by atoms with Gasteiger partial charge in [0.15, 0.2) is 0 Å². The molecule has 0 radical (unpaired) electrons. The molecule has 0 aliphatic rings. The van der Waals surface area contributed by atoms with Crippen LogP contribution >= 0.6 is 23.2 Å². The molecule has 2 rings (SSSR count). The van der Waals surface area contributed by atoms with E-state index in [0.29, 0.717) is 12.1 Å². The molecule has 0 aliphatic carbocycles. The fraction of sp³-hybridized carbons (Fsp3) is 0.214. The average Bonchev–Trinajstić information content (AvgIpc) is 2.44. The monoisotopic (exact) mass is 324 g/mol. The maximum atomic E-state index is 12.1. The van der Waals surface area contributed by atoms with Gasteiger partial charge in [-0.25, -0.2) is 9.97 Å². The Labute approximate surface area is 132 Å². The number of carbonyl (C=O) groups is 1. The van der Waals surface area contributed by atoms with Crippen LogP contribution in [-0.2, 0) is 6.54 Å². The Bertz CT molecular complexity index is 641. The van der Waals surface area contributed by atoms with Gasteiger partial charge in [0, 0.05) is 32.4 Å². The van der Waals surface area contributed by atoms with Gasteiger partial charge in [-0.15, -0.1) is 0 Å². The summed E-state index contributed by atoms with van der Waals surface area (Å²) in [7, 11) is 3.82. The Morgan fingerprint density at radius 3 is 2.52 bits per heavy atom. The van der Waals surface area contributed by atoms with Crippen LogP contribution in [0.5, 0.6) is 0 Å². The van der Waals surface area contributed by atoms with E-state index in [0.717, 1.165) is 11.4 Å². The summed E-state index contributed by atoms with van der Waals surface area (Å²) < 4.78 is 0. The molecule has 0 atom stereocenters. The number of aromatic nitrogens is 2. The predicted molar refractivity (Wildman–Crippen MR) is 84.0 cm³/mol. The number of nitrogens with zero attached hydrogens (tertiary/aromatic N) is 3. The average molecular weight is 325 g/mol. The lowest BCUT2D eigenvalue weighted by Crippen LogP contribution is -2.23. The van der Waals surface area contributed by atoms with Gasteiger partial charge in [0.25, 0.3) is 5.91 Å². The number of halogens is 2. The molecule has 0 saturated heterocycles. The number of pyridine rings is 2. The summed E-state index contributed by atoms with van der Waals surface area (Å²) in [4.78, 5) is 22.0. The zero-order chi connectivity index (χ0) is 15.4. The second kappa shape index (κ2) is 6.74. The lowest BCUT2D eigenvalue weighted by molar-refractivity contribution is 0.0951. The van der Waals surface area contributed by atoms with Crippen molar-refractivity contribution in [1.29, 1.82) is 0 Å². The van der Waals surface area contributed by atoms with Crippen LogP contribution in [-0.4, -0.2) is 30.0 Å². The molecule has 0 spiro atoms. The molecular formula is C14H14Cl2N4O. The third kappa shape index (κ3) is 4.31. The smallest absolute Gasteiger partial charge is 0.251 e. The summed E-state index contributed by atoms with van der Waals surface area (Å²) in [6.07, 6.45) is 1.71. The van der Waals surface area contributed by atoms with E-state index in [9.17, 15) is 4.79 Å². The lowest BCUT2D eigenvalue weighted by Gasteiger charge is -2.12. The highest BCUT2D eigenvalue weighted by atomic mass is 35.5. The van der Waals surface area contributed by atoms with Crippen molar-refractivity contribution in [3.63, 3.8) is 0 Å². The fourth-order valence-corrected chi connectivity index (χ4v) is 2.16. The Morgan fingerprint density at radius 2 is 1.90 bits per heavy atom. The molecule has 2 aromatic heterocycles. The van der Waals surface area contributed by atoms with Gasteiger partial charge in [-0.05, 0) is 29.8 Å². The normalized spacial score (nSPS) is 10.3. The molecule has 0 fully saturated rings. The van der Waals surface area contributed by atoms with Crippen molar-refractivity contribution < 1.29 is 4.79 Å². The standard InChI is InChI=1S/C14H14Cl2N4O/c1-20(2)13-5-9(3-4-17-13)8-18-14(21)10-6-11(15)19-12(16)7-10/h3-7H,8H2,1-2H3,(H,18,21). The Balaban J connectivity index is 2.05. The number of rotatable bonds is 4. The minimum atomic E-state index is -0.260. The van der Waals surface area contributed by atoms with Gasteiger partial charge in [-0.3, -0.25) is 4.79 Å². The highest BCUT2D eigenvalue weighted by Gasteiger charge is 2.09. The molecule has 0 bridgehead atoms. The molecule has 2 aromatic rings. The molecule has 0 unspecified atom stereocenters. The molecule has 2 heterocycles. The highest BCUT2D eigenvalue weighted by Crippen LogP contribution is 2.15. The molecular weight excluding hydrogens is 311 g/mol.